The zero-order valence-corrected chi connectivity index (χ0v) is 12.4. The molecule has 2 aromatic heterocycles. The van der Waals surface area contributed by atoms with Crippen molar-refractivity contribution in [1.29, 1.82) is 0 Å². The predicted molar refractivity (Wildman–Crippen MR) is 81.2 cm³/mol. The Labute approximate surface area is 129 Å². The molecule has 0 radical (unpaired) electrons. The number of hydrogen-bond acceptors (Lipinski definition) is 5. The summed E-state index contributed by atoms with van der Waals surface area (Å²) in [6, 6.07) is 3.92. The Kier molecular flexibility index (Phi) is 4.80. The molecule has 0 spiro atoms. The number of amides is 1. The van der Waals surface area contributed by atoms with Gasteiger partial charge in [-0.1, -0.05) is 6.42 Å². The maximum atomic E-state index is 12.1. The van der Waals surface area contributed by atoms with Gasteiger partial charge in [-0.15, -0.1) is 0 Å². The summed E-state index contributed by atoms with van der Waals surface area (Å²) in [5, 5.41) is 2.94. The molecule has 2 aromatic rings. The molecule has 6 heteroatoms. The molecule has 0 bridgehead atoms. The van der Waals surface area contributed by atoms with Crippen LogP contribution in [-0.2, 0) is 0 Å². The van der Waals surface area contributed by atoms with Gasteiger partial charge in [0.15, 0.2) is 0 Å². The molecule has 3 heterocycles. The van der Waals surface area contributed by atoms with Gasteiger partial charge in [-0.05, 0) is 38.1 Å². The quantitative estimate of drug-likeness (QED) is 0.914. The molecule has 116 valence electrons. The average molecular weight is 300 g/mol. The van der Waals surface area contributed by atoms with Crippen molar-refractivity contribution in [1.82, 2.24) is 20.2 Å². The van der Waals surface area contributed by atoms with Crippen molar-refractivity contribution < 1.29 is 9.21 Å². The summed E-state index contributed by atoms with van der Waals surface area (Å²) in [6.45, 7) is 2.57. The highest BCUT2D eigenvalue weighted by atomic mass is 16.3. The number of carbonyl (C=O) groups is 1. The summed E-state index contributed by atoms with van der Waals surface area (Å²) in [4.78, 5) is 22.5. The molecule has 1 amide bonds. The molecule has 0 aromatic carbocycles. The summed E-state index contributed by atoms with van der Waals surface area (Å²) in [5.74, 6) is 0.683. The Hall–Kier alpha value is -2.21. The van der Waals surface area contributed by atoms with Crippen molar-refractivity contribution in [3.63, 3.8) is 0 Å². The van der Waals surface area contributed by atoms with Crippen molar-refractivity contribution in [2.24, 2.45) is 0 Å². The van der Waals surface area contributed by atoms with E-state index in [2.05, 4.69) is 20.2 Å². The second-order valence-corrected chi connectivity index (χ2v) is 5.43. The highest BCUT2D eigenvalue weighted by Gasteiger charge is 2.25. The Balaban J connectivity index is 1.66. The molecule has 1 saturated heterocycles. The van der Waals surface area contributed by atoms with Crippen LogP contribution in [0.5, 0.6) is 0 Å². The topological polar surface area (TPSA) is 71.3 Å². The van der Waals surface area contributed by atoms with Gasteiger partial charge in [0.25, 0.3) is 5.91 Å². The van der Waals surface area contributed by atoms with Crippen LogP contribution in [0.25, 0.3) is 0 Å². The molecule has 0 saturated carbocycles. The van der Waals surface area contributed by atoms with Crippen molar-refractivity contribution in [3.8, 4) is 0 Å². The van der Waals surface area contributed by atoms with E-state index in [1.54, 1.807) is 12.5 Å². The van der Waals surface area contributed by atoms with E-state index in [1.807, 2.05) is 12.1 Å². The summed E-state index contributed by atoms with van der Waals surface area (Å²) in [7, 11) is 0. The minimum atomic E-state index is -0.207. The Bertz CT molecular complexity index is 579. The fourth-order valence-electron chi connectivity index (χ4n) is 2.82. The van der Waals surface area contributed by atoms with E-state index < -0.39 is 0 Å². The largest absolute Gasteiger partial charge is 0.468 e. The number of hydrogen-bond donors (Lipinski definition) is 1. The Morgan fingerprint density at radius 3 is 2.86 bits per heavy atom. The molecule has 1 unspecified atom stereocenters. The van der Waals surface area contributed by atoms with Crippen LogP contribution in [-0.4, -0.2) is 40.4 Å². The summed E-state index contributed by atoms with van der Waals surface area (Å²) < 4.78 is 5.57. The van der Waals surface area contributed by atoms with Crippen LogP contribution >= 0.6 is 0 Å². The fourth-order valence-corrected chi connectivity index (χ4v) is 2.82. The fraction of sp³-hybridized carbons (Fsp3) is 0.438. The van der Waals surface area contributed by atoms with Crippen LogP contribution in [0, 0.1) is 0 Å². The predicted octanol–water partition coefficient (Wildman–Crippen LogP) is 2.03. The van der Waals surface area contributed by atoms with Crippen LogP contribution < -0.4 is 5.32 Å². The van der Waals surface area contributed by atoms with E-state index in [4.69, 9.17) is 4.42 Å². The maximum absolute atomic E-state index is 12.1. The number of likely N-dealkylation sites (tertiary alicyclic amines) is 1. The first-order valence-electron chi connectivity index (χ1n) is 7.66. The number of nitrogens with one attached hydrogen (secondary N) is 1. The molecule has 1 atom stereocenters. The second kappa shape index (κ2) is 7.17. The van der Waals surface area contributed by atoms with Crippen molar-refractivity contribution in [2.75, 3.05) is 19.6 Å². The van der Waals surface area contributed by atoms with E-state index in [9.17, 15) is 4.79 Å². The number of piperidine rings is 1. The first-order valence-corrected chi connectivity index (χ1v) is 7.66. The summed E-state index contributed by atoms with van der Waals surface area (Å²) in [5.41, 5.74) is 0.333. The SMILES string of the molecule is O=C(NCC(c1ccco1)N1CCCCC1)c1cnccn1. The monoisotopic (exact) mass is 300 g/mol. The van der Waals surface area contributed by atoms with Crippen molar-refractivity contribution >= 4 is 5.91 Å². The second-order valence-electron chi connectivity index (χ2n) is 5.43. The van der Waals surface area contributed by atoms with Crippen molar-refractivity contribution in [2.45, 2.75) is 25.3 Å². The van der Waals surface area contributed by atoms with Crippen LogP contribution in [0.4, 0.5) is 0 Å². The lowest BCUT2D eigenvalue weighted by Crippen LogP contribution is -2.40. The van der Waals surface area contributed by atoms with Gasteiger partial charge in [-0.25, -0.2) is 4.98 Å². The van der Waals surface area contributed by atoms with E-state index in [1.165, 1.54) is 31.7 Å². The molecule has 1 aliphatic rings. The lowest BCUT2D eigenvalue weighted by Gasteiger charge is -2.33. The zero-order valence-electron chi connectivity index (χ0n) is 12.4. The van der Waals surface area contributed by atoms with Gasteiger partial charge >= 0.3 is 0 Å². The van der Waals surface area contributed by atoms with Crippen LogP contribution in [0.1, 0.15) is 41.6 Å². The minimum absolute atomic E-state index is 0.0657. The van der Waals surface area contributed by atoms with E-state index in [0.717, 1.165) is 18.8 Å². The molecule has 1 N–H and O–H groups in total. The Morgan fingerprint density at radius 2 is 2.18 bits per heavy atom. The van der Waals surface area contributed by atoms with E-state index in [-0.39, 0.29) is 11.9 Å². The van der Waals surface area contributed by atoms with E-state index >= 15 is 0 Å². The van der Waals surface area contributed by atoms with Crippen LogP contribution in [0.2, 0.25) is 0 Å². The molecule has 6 nitrogen and oxygen atoms in total. The number of aromatic nitrogens is 2. The lowest BCUT2D eigenvalue weighted by molar-refractivity contribution is 0.0909. The normalized spacial score (nSPS) is 17.1. The highest BCUT2D eigenvalue weighted by Crippen LogP contribution is 2.24. The zero-order chi connectivity index (χ0) is 15.2. The van der Waals surface area contributed by atoms with Crippen LogP contribution in [0.3, 0.4) is 0 Å². The molecular weight excluding hydrogens is 280 g/mol. The average Bonchev–Trinajstić information content (AvgIpc) is 3.11. The molecule has 1 fully saturated rings. The van der Waals surface area contributed by atoms with E-state index in [0.29, 0.717) is 12.2 Å². The smallest absolute Gasteiger partial charge is 0.271 e. The lowest BCUT2D eigenvalue weighted by atomic mass is 10.1. The number of nitrogens with zero attached hydrogens (tertiary/aromatic N) is 3. The third kappa shape index (κ3) is 3.51. The van der Waals surface area contributed by atoms with Gasteiger partial charge in [-0.2, -0.15) is 0 Å². The Morgan fingerprint density at radius 1 is 1.32 bits per heavy atom. The van der Waals surface area contributed by atoms with Crippen molar-refractivity contribution in [3.05, 3.63) is 48.4 Å². The molecule has 3 rings (SSSR count). The van der Waals surface area contributed by atoms with Gasteiger partial charge in [0.1, 0.15) is 11.5 Å². The van der Waals surface area contributed by atoms with Gasteiger partial charge in [0.2, 0.25) is 0 Å². The number of furan rings is 1. The molecule has 1 aliphatic heterocycles. The first kappa shape index (κ1) is 14.7. The molecule has 22 heavy (non-hydrogen) atoms. The van der Waals surface area contributed by atoms with Crippen LogP contribution in [0.15, 0.2) is 41.4 Å². The van der Waals surface area contributed by atoms with Gasteiger partial charge < -0.3 is 9.73 Å². The maximum Gasteiger partial charge on any atom is 0.271 e. The number of carbonyl (C=O) groups excluding carboxylic acids is 1. The molecular formula is C16H20N4O2. The summed E-state index contributed by atoms with van der Waals surface area (Å²) >= 11 is 0. The third-order valence-electron chi connectivity index (χ3n) is 3.95. The standard InChI is InChI=1S/C16H20N4O2/c21-16(13-11-17-6-7-18-13)19-12-14(15-5-4-10-22-15)20-8-2-1-3-9-20/h4-7,10-11,14H,1-3,8-9,12H2,(H,19,21). The number of rotatable bonds is 5. The molecule has 0 aliphatic carbocycles. The first-order chi connectivity index (χ1) is 10.8. The van der Waals surface area contributed by atoms with Gasteiger partial charge in [0.05, 0.1) is 18.5 Å². The van der Waals surface area contributed by atoms with Gasteiger partial charge in [-0.3, -0.25) is 14.7 Å². The third-order valence-corrected chi connectivity index (χ3v) is 3.95. The highest BCUT2D eigenvalue weighted by molar-refractivity contribution is 5.91. The summed E-state index contributed by atoms with van der Waals surface area (Å²) in [6.07, 6.45) is 9.87. The van der Waals surface area contributed by atoms with Gasteiger partial charge in [0, 0.05) is 18.9 Å². The minimum Gasteiger partial charge on any atom is -0.468 e.